The number of fused-ring (bicyclic) bond motifs is 1. The fraction of sp³-hybridized carbons (Fsp3) is 0.385. The number of aromatic amines is 1. The molecule has 0 bridgehead atoms. The summed E-state index contributed by atoms with van der Waals surface area (Å²) in [5.41, 5.74) is 4.18. The maximum Gasteiger partial charge on any atom is 0.0424 e. The number of hydrogen-bond donors (Lipinski definition) is 1. The second-order valence-electron chi connectivity index (χ2n) is 4.43. The van der Waals surface area contributed by atoms with Gasteiger partial charge in [0.25, 0.3) is 0 Å². The van der Waals surface area contributed by atoms with Gasteiger partial charge in [0, 0.05) is 17.3 Å². The van der Waals surface area contributed by atoms with Crippen LogP contribution < -0.4 is 0 Å². The summed E-state index contributed by atoms with van der Waals surface area (Å²) in [5.74, 6) is 0. The van der Waals surface area contributed by atoms with Gasteiger partial charge in [-0.05, 0) is 29.7 Å². The maximum absolute atomic E-state index is 3.30. The number of H-pyrrole nitrogens is 1. The standard InChI is InChI=1S/C13H17N/c1-4-10-5-7-13(2,3)11-6-8-14-12(11)9-10/h5-9,14H,4H2,1-3H3. The molecule has 14 heavy (non-hydrogen) atoms. The Morgan fingerprint density at radius 1 is 1.36 bits per heavy atom. The summed E-state index contributed by atoms with van der Waals surface area (Å²) in [7, 11) is 0. The lowest BCUT2D eigenvalue weighted by molar-refractivity contribution is 0.670. The topological polar surface area (TPSA) is 15.8 Å². The highest BCUT2D eigenvalue weighted by Crippen LogP contribution is 2.32. The zero-order valence-electron chi connectivity index (χ0n) is 9.09. The largest absolute Gasteiger partial charge is 0.361 e. The summed E-state index contributed by atoms with van der Waals surface area (Å²) in [4.78, 5) is 3.30. The van der Waals surface area contributed by atoms with Gasteiger partial charge in [0.1, 0.15) is 0 Å². The lowest BCUT2D eigenvalue weighted by Gasteiger charge is -2.19. The smallest absolute Gasteiger partial charge is 0.0424 e. The van der Waals surface area contributed by atoms with Gasteiger partial charge < -0.3 is 4.98 Å². The molecular weight excluding hydrogens is 170 g/mol. The SMILES string of the molecule is CCC1=Cc2[nH]ccc2C(C)(C)C=C1. The minimum absolute atomic E-state index is 0.142. The Hall–Kier alpha value is -1.24. The van der Waals surface area contributed by atoms with Gasteiger partial charge in [0.05, 0.1) is 0 Å². The van der Waals surface area contributed by atoms with Crippen molar-refractivity contribution in [3.8, 4) is 0 Å². The van der Waals surface area contributed by atoms with Gasteiger partial charge in [0.2, 0.25) is 0 Å². The zero-order valence-corrected chi connectivity index (χ0v) is 9.09. The van der Waals surface area contributed by atoms with Crippen LogP contribution in [-0.2, 0) is 5.41 Å². The molecule has 0 unspecified atom stereocenters. The molecule has 74 valence electrons. The van der Waals surface area contributed by atoms with Crippen molar-refractivity contribution in [3.63, 3.8) is 0 Å². The van der Waals surface area contributed by atoms with Crippen molar-refractivity contribution < 1.29 is 0 Å². The number of hydrogen-bond acceptors (Lipinski definition) is 0. The van der Waals surface area contributed by atoms with Crippen molar-refractivity contribution in [1.29, 1.82) is 0 Å². The minimum Gasteiger partial charge on any atom is -0.361 e. The van der Waals surface area contributed by atoms with Gasteiger partial charge >= 0.3 is 0 Å². The molecule has 0 spiro atoms. The molecule has 0 saturated heterocycles. The molecule has 1 N–H and O–H groups in total. The van der Waals surface area contributed by atoms with E-state index in [2.05, 4.69) is 50.0 Å². The first-order valence-corrected chi connectivity index (χ1v) is 5.21. The summed E-state index contributed by atoms with van der Waals surface area (Å²) in [6, 6.07) is 2.18. The predicted octanol–water partition coefficient (Wildman–Crippen LogP) is 3.66. The van der Waals surface area contributed by atoms with E-state index in [-0.39, 0.29) is 5.41 Å². The Morgan fingerprint density at radius 3 is 2.86 bits per heavy atom. The molecular formula is C13H17N. The van der Waals surface area contributed by atoms with Crippen LogP contribution in [0.2, 0.25) is 0 Å². The Kier molecular flexibility index (Phi) is 2.10. The van der Waals surface area contributed by atoms with Gasteiger partial charge in [-0.15, -0.1) is 0 Å². The van der Waals surface area contributed by atoms with Crippen molar-refractivity contribution in [2.75, 3.05) is 0 Å². The van der Waals surface area contributed by atoms with Crippen LogP contribution in [0.5, 0.6) is 0 Å². The van der Waals surface area contributed by atoms with Crippen molar-refractivity contribution in [3.05, 3.63) is 41.2 Å². The molecule has 1 aliphatic carbocycles. The van der Waals surface area contributed by atoms with E-state index in [1.165, 1.54) is 16.8 Å². The third-order valence-electron chi connectivity index (χ3n) is 2.93. The first kappa shape index (κ1) is 9.32. The van der Waals surface area contributed by atoms with Crippen LogP contribution in [0.3, 0.4) is 0 Å². The van der Waals surface area contributed by atoms with Gasteiger partial charge in [-0.1, -0.05) is 32.9 Å². The van der Waals surface area contributed by atoms with E-state index in [1.54, 1.807) is 0 Å². The van der Waals surface area contributed by atoms with Crippen LogP contribution in [0.4, 0.5) is 0 Å². The summed E-state index contributed by atoms with van der Waals surface area (Å²) in [6.45, 7) is 6.70. The molecule has 1 nitrogen and oxygen atoms in total. The second-order valence-corrected chi connectivity index (χ2v) is 4.43. The fourth-order valence-corrected chi connectivity index (χ4v) is 1.92. The summed E-state index contributed by atoms with van der Waals surface area (Å²) >= 11 is 0. The number of allylic oxidation sites excluding steroid dienone is 3. The zero-order chi connectivity index (χ0) is 10.2. The van der Waals surface area contributed by atoms with Crippen molar-refractivity contribution in [2.45, 2.75) is 32.6 Å². The third-order valence-corrected chi connectivity index (χ3v) is 2.93. The Bertz CT molecular complexity index is 391. The molecule has 0 aliphatic heterocycles. The molecule has 0 atom stereocenters. The molecule has 1 heterocycles. The van der Waals surface area contributed by atoms with E-state index < -0.39 is 0 Å². The van der Waals surface area contributed by atoms with Crippen LogP contribution in [0, 0.1) is 0 Å². The Labute approximate surface area is 85.5 Å². The first-order chi connectivity index (χ1) is 6.63. The molecule has 1 heteroatoms. The minimum atomic E-state index is 0.142. The lowest BCUT2D eigenvalue weighted by Crippen LogP contribution is -2.12. The van der Waals surface area contributed by atoms with Crippen LogP contribution in [0.1, 0.15) is 38.4 Å². The van der Waals surface area contributed by atoms with E-state index >= 15 is 0 Å². The predicted molar refractivity (Wildman–Crippen MR) is 61.2 cm³/mol. The van der Waals surface area contributed by atoms with Crippen LogP contribution in [0.15, 0.2) is 30.0 Å². The van der Waals surface area contributed by atoms with E-state index in [1.807, 2.05) is 6.20 Å². The molecule has 0 fully saturated rings. The van der Waals surface area contributed by atoms with Crippen LogP contribution in [0.25, 0.3) is 6.08 Å². The normalized spacial score (nSPS) is 18.6. The quantitative estimate of drug-likeness (QED) is 0.690. The van der Waals surface area contributed by atoms with Crippen LogP contribution >= 0.6 is 0 Å². The Morgan fingerprint density at radius 2 is 2.14 bits per heavy atom. The molecule has 0 radical (unpaired) electrons. The van der Waals surface area contributed by atoms with Gasteiger partial charge in [-0.25, -0.2) is 0 Å². The van der Waals surface area contributed by atoms with E-state index in [0.29, 0.717) is 0 Å². The lowest BCUT2D eigenvalue weighted by atomic mass is 9.85. The van der Waals surface area contributed by atoms with Crippen molar-refractivity contribution in [2.24, 2.45) is 0 Å². The summed E-state index contributed by atoms with van der Waals surface area (Å²) in [6.07, 6.45) is 9.90. The van der Waals surface area contributed by atoms with E-state index in [4.69, 9.17) is 0 Å². The highest BCUT2D eigenvalue weighted by atomic mass is 14.7. The number of aromatic nitrogens is 1. The monoisotopic (exact) mass is 187 g/mol. The maximum atomic E-state index is 3.30. The van der Waals surface area contributed by atoms with E-state index in [9.17, 15) is 0 Å². The highest BCUT2D eigenvalue weighted by molar-refractivity contribution is 5.61. The van der Waals surface area contributed by atoms with E-state index in [0.717, 1.165) is 6.42 Å². The molecule has 0 aromatic carbocycles. The Balaban J connectivity index is 2.56. The fourth-order valence-electron chi connectivity index (χ4n) is 1.92. The molecule has 1 aromatic rings. The molecule has 0 amide bonds. The van der Waals surface area contributed by atoms with Crippen molar-refractivity contribution in [1.82, 2.24) is 4.98 Å². The molecule has 0 saturated carbocycles. The van der Waals surface area contributed by atoms with Crippen LogP contribution in [-0.4, -0.2) is 4.98 Å². The summed E-state index contributed by atoms with van der Waals surface area (Å²) in [5, 5.41) is 0. The van der Waals surface area contributed by atoms with Gasteiger partial charge in [-0.2, -0.15) is 0 Å². The molecule has 1 aromatic heterocycles. The number of rotatable bonds is 1. The molecule has 1 aliphatic rings. The molecule has 2 rings (SSSR count). The highest BCUT2D eigenvalue weighted by Gasteiger charge is 2.22. The van der Waals surface area contributed by atoms with Gasteiger partial charge in [0.15, 0.2) is 0 Å². The second kappa shape index (κ2) is 3.16. The van der Waals surface area contributed by atoms with Crippen molar-refractivity contribution >= 4 is 6.08 Å². The van der Waals surface area contributed by atoms with Gasteiger partial charge in [-0.3, -0.25) is 0 Å². The summed E-state index contributed by atoms with van der Waals surface area (Å²) < 4.78 is 0. The average Bonchev–Trinajstić information content (AvgIpc) is 2.56. The average molecular weight is 187 g/mol. The third kappa shape index (κ3) is 1.43. The first-order valence-electron chi connectivity index (χ1n) is 5.21. The number of nitrogens with one attached hydrogen (secondary N) is 1.